The Morgan fingerprint density at radius 3 is 3.16 bits per heavy atom. The second-order valence-corrected chi connectivity index (χ2v) is 7.26. The Morgan fingerprint density at radius 1 is 1.42 bits per heavy atom. The Morgan fingerprint density at radius 2 is 2.32 bits per heavy atom. The highest BCUT2D eigenvalue weighted by Crippen LogP contribution is 2.14. The highest BCUT2D eigenvalue weighted by atomic mass is 32.2. The molecule has 0 aromatic carbocycles. The predicted molar refractivity (Wildman–Crippen MR) is 73.7 cm³/mol. The maximum absolute atomic E-state index is 11.6. The van der Waals surface area contributed by atoms with Gasteiger partial charge in [-0.25, -0.2) is 12.9 Å². The molecule has 0 spiro atoms. The molecule has 2 aromatic rings. The van der Waals surface area contributed by atoms with Gasteiger partial charge in [0.2, 0.25) is 0 Å². The van der Waals surface area contributed by atoms with E-state index in [-0.39, 0.29) is 11.8 Å². The van der Waals surface area contributed by atoms with Gasteiger partial charge in [0, 0.05) is 24.3 Å². The first-order valence-electron chi connectivity index (χ1n) is 6.49. The molecule has 0 saturated carbocycles. The molecule has 1 saturated heterocycles. The standard InChI is InChI=1S/C13H17N3O2S/c17-19(18)7-3-4-12(10-19)14-8-11-9-15-16-6-2-1-5-13(11)16/h1-2,5-6,9,12,14H,3-4,7-8,10H2/t12-/m0/s1. The molecular formula is C13H17N3O2S. The molecule has 0 radical (unpaired) electrons. The summed E-state index contributed by atoms with van der Waals surface area (Å²) in [6, 6.07) is 6.00. The van der Waals surface area contributed by atoms with E-state index < -0.39 is 9.84 Å². The zero-order valence-corrected chi connectivity index (χ0v) is 11.4. The van der Waals surface area contributed by atoms with Gasteiger partial charge in [-0.1, -0.05) is 6.07 Å². The van der Waals surface area contributed by atoms with Gasteiger partial charge in [-0.2, -0.15) is 5.10 Å². The van der Waals surface area contributed by atoms with Crippen molar-refractivity contribution in [2.75, 3.05) is 11.5 Å². The third kappa shape index (κ3) is 2.79. The lowest BCUT2D eigenvalue weighted by atomic mass is 10.1. The molecule has 5 nitrogen and oxygen atoms in total. The van der Waals surface area contributed by atoms with Crippen molar-refractivity contribution >= 4 is 15.4 Å². The van der Waals surface area contributed by atoms with Crippen LogP contribution in [0.15, 0.2) is 30.6 Å². The van der Waals surface area contributed by atoms with Crippen molar-refractivity contribution in [2.24, 2.45) is 0 Å². The Bertz CT molecular complexity index is 678. The summed E-state index contributed by atoms with van der Waals surface area (Å²) in [5, 5.41) is 7.61. The van der Waals surface area contributed by atoms with E-state index in [9.17, 15) is 8.42 Å². The molecule has 0 unspecified atom stereocenters. The zero-order chi connectivity index (χ0) is 13.3. The third-order valence-corrected chi connectivity index (χ3v) is 5.37. The summed E-state index contributed by atoms with van der Waals surface area (Å²) < 4.78 is 25.0. The van der Waals surface area contributed by atoms with E-state index in [0.29, 0.717) is 12.3 Å². The lowest BCUT2D eigenvalue weighted by Crippen LogP contribution is -2.39. The average Bonchev–Trinajstić information content (AvgIpc) is 2.78. The molecule has 1 aliphatic rings. The summed E-state index contributed by atoms with van der Waals surface area (Å²) in [5.74, 6) is 0.591. The van der Waals surface area contributed by atoms with Crippen LogP contribution >= 0.6 is 0 Å². The zero-order valence-electron chi connectivity index (χ0n) is 10.6. The largest absolute Gasteiger partial charge is 0.309 e. The number of hydrogen-bond donors (Lipinski definition) is 1. The second-order valence-electron chi connectivity index (χ2n) is 5.03. The minimum Gasteiger partial charge on any atom is -0.309 e. The van der Waals surface area contributed by atoms with Crippen LogP contribution in [-0.4, -0.2) is 35.6 Å². The van der Waals surface area contributed by atoms with Gasteiger partial charge in [-0.15, -0.1) is 0 Å². The number of nitrogens with one attached hydrogen (secondary N) is 1. The van der Waals surface area contributed by atoms with E-state index in [1.807, 2.05) is 35.1 Å². The molecule has 0 aliphatic carbocycles. The van der Waals surface area contributed by atoms with E-state index in [1.165, 1.54) is 0 Å². The minimum atomic E-state index is -2.85. The molecule has 0 amide bonds. The van der Waals surface area contributed by atoms with E-state index in [0.717, 1.165) is 23.9 Å². The maximum atomic E-state index is 11.6. The van der Waals surface area contributed by atoms with Crippen LogP contribution in [0.4, 0.5) is 0 Å². The summed E-state index contributed by atoms with van der Waals surface area (Å²) in [6.45, 7) is 0.660. The molecule has 102 valence electrons. The molecule has 3 rings (SSSR count). The van der Waals surface area contributed by atoms with Crippen molar-refractivity contribution in [3.8, 4) is 0 Å². The van der Waals surface area contributed by atoms with Crippen molar-refractivity contribution in [1.82, 2.24) is 14.9 Å². The van der Waals surface area contributed by atoms with Crippen LogP contribution < -0.4 is 5.32 Å². The highest BCUT2D eigenvalue weighted by Gasteiger charge is 2.24. The molecular weight excluding hydrogens is 262 g/mol. The molecule has 19 heavy (non-hydrogen) atoms. The average molecular weight is 279 g/mol. The van der Waals surface area contributed by atoms with E-state index in [1.54, 1.807) is 0 Å². The number of aromatic nitrogens is 2. The summed E-state index contributed by atoms with van der Waals surface area (Å²) in [4.78, 5) is 0. The SMILES string of the molecule is O=S1(=O)CCC[C@H](NCc2cnn3ccccc23)C1. The van der Waals surface area contributed by atoms with Crippen LogP contribution in [0, 0.1) is 0 Å². The van der Waals surface area contributed by atoms with Gasteiger partial charge in [0.1, 0.15) is 0 Å². The van der Waals surface area contributed by atoms with Gasteiger partial charge in [-0.05, 0) is 25.0 Å². The van der Waals surface area contributed by atoms with Crippen molar-refractivity contribution in [2.45, 2.75) is 25.4 Å². The fraction of sp³-hybridized carbons (Fsp3) is 0.462. The fourth-order valence-corrected chi connectivity index (χ4v) is 4.23. The van der Waals surface area contributed by atoms with Gasteiger partial charge >= 0.3 is 0 Å². The monoisotopic (exact) mass is 279 g/mol. The quantitative estimate of drug-likeness (QED) is 0.910. The Balaban J connectivity index is 1.69. The molecule has 1 atom stereocenters. The van der Waals surface area contributed by atoms with E-state index in [2.05, 4.69) is 10.4 Å². The Hall–Kier alpha value is -1.40. The molecule has 1 N–H and O–H groups in total. The topological polar surface area (TPSA) is 63.5 Å². The van der Waals surface area contributed by atoms with Gasteiger partial charge in [0.05, 0.1) is 23.2 Å². The van der Waals surface area contributed by atoms with Crippen molar-refractivity contribution in [3.05, 3.63) is 36.2 Å². The first kappa shape index (κ1) is 12.6. The highest BCUT2D eigenvalue weighted by molar-refractivity contribution is 7.91. The number of nitrogens with zero attached hydrogens (tertiary/aromatic N) is 2. The third-order valence-electron chi connectivity index (χ3n) is 3.55. The Kier molecular flexibility index (Phi) is 3.28. The molecule has 0 bridgehead atoms. The van der Waals surface area contributed by atoms with Gasteiger partial charge < -0.3 is 5.32 Å². The Labute approximate surface area is 112 Å². The molecule has 2 aromatic heterocycles. The number of sulfone groups is 1. The van der Waals surface area contributed by atoms with Crippen LogP contribution in [0.5, 0.6) is 0 Å². The number of hydrogen-bond acceptors (Lipinski definition) is 4. The molecule has 1 fully saturated rings. The number of rotatable bonds is 3. The summed E-state index contributed by atoms with van der Waals surface area (Å²) in [5.41, 5.74) is 2.16. The lowest BCUT2D eigenvalue weighted by Gasteiger charge is -2.22. The first-order chi connectivity index (χ1) is 9.14. The van der Waals surface area contributed by atoms with E-state index in [4.69, 9.17) is 0 Å². The van der Waals surface area contributed by atoms with Gasteiger partial charge in [-0.3, -0.25) is 0 Å². The fourth-order valence-electron chi connectivity index (χ4n) is 2.56. The van der Waals surface area contributed by atoms with Crippen molar-refractivity contribution < 1.29 is 8.42 Å². The summed E-state index contributed by atoms with van der Waals surface area (Å²) in [6.07, 6.45) is 5.43. The van der Waals surface area contributed by atoms with Gasteiger partial charge in [0.25, 0.3) is 0 Å². The summed E-state index contributed by atoms with van der Waals surface area (Å²) >= 11 is 0. The van der Waals surface area contributed by atoms with Crippen LogP contribution in [0.1, 0.15) is 18.4 Å². The number of pyridine rings is 1. The first-order valence-corrected chi connectivity index (χ1v) is 8.31. The van der Waals surface area contributed by atoms with Crippen molar-refractivity contribution in [1.29, 1.82) is 0 Å². The maximum Gasteiger partial charge on any atom is 0.151 e. The predicted octanol–water partition coefficient (Wildman–Crippen LogP) is 1.00. The number of fused-ring (bicyclic) bond motifs is 1. The second kappa shape index (κ2) is 4.94. The summed E-state index contributed by atoms with van der Waals surface area (Å²) in [7, 11) is -2.85. The van der Waals surface area contributed by atoms with Crippen LogP contribution in [0.2, 0.25) is 0 Å². The molecule has 6 heteroatoms. The normalized spacial score (nSPS) is 22.6. The minimum absolute atomic E-state index is 0.0670. The van der Waals surface area contributed by atoms with Crippen molar-refractivity contribution in [3.63, 3.8) is 0 Å². The van der Waals surface area contributed by atoms with E-state index >= 15 is 0 Å². The molecule has 1 aliphatic heterocycles. The van der Waals surface area contributed by atoms with Crippen LogP contribution in [0.3, 0.4) is 0 Å². The van der Waals surface area contributed by atoms with Gasteiger partial charge in [0.15, 0.2) is 9.84 Å². The van der Waals surface area contributed by atoms with Crippen LogP contribution in [0.25, 0.3) is 5.52 Å². The van der Waals surface area contributed by atoms with Crippen LogP contribution in [-0.2, 0) is 16.4 Å². The lowest BCUT2D eigenvalue weighted by molar-refractivity contribution is 0.481. The smallest absolute Gasteiger partial charge is 0.151 e. The molecule has 3 heterocycles.